The van der Waals surface area contributed by atoms with Crippen molar-refractivity contribution in [3.05, 3.63) is 101 Å². The Balaban J connectivity index is 1.12. The second-order valence-corrected chi connectivity index (χ2v) is 12.0. The van der Waals surface area contributed by atoms with Crippen molar-refractivity contribution in [1.29, 1.82) is 5.26 Å². The number of nitrogens with zero attached hydrogens (tertiary/aromatic N) is 9. The number of hydrogen-bond acceptors (Lipinski definition) is 8. The normalized spacial score (nSPS) is 16.8. The van der Waals surface area contributed by atoms with Gasteiger partial charge in [-0.3, -0.25) is 4.90 Å². The predicted molar refractivity (Wildman–Crippen MR) is 169 cm³/mol. The Labute approximate surface area is 265 Å². The molecular weight excluding hydrogens is 585 g/mol. The minimum atomic E-state index is -0.970. The molecular formula is C34H34FN9O2. The van der Waals surface area contributed by atoms with Gasteiger partial charge in [-0.25, -0.2) is 29.1 Å². The van der Waals surface area contributed by atoms with E-state index in [1.165, 1.54) is 6.07 Å². The van der Waals surface area contributed by atoms with Crippen LogP contribution in [-0.4, -0.2) is 64.7 Å². The number of benzene rings is 2. The van der Waals surface area contributed by atoms with E-state index in [-0.39, 0.29) is 17.3 Å². The lowest BCUT2D eigenvalue weighted by Crippen LogP contribution is -2.36. The summed E-state index contributed by atoms with van der Waals surface area (Å²) < 4.78 is 19.0. The molecule has 46 heavy (non-hydrogen) atoms. The van der Waals surface area contributed by atoms with E-state index in [4.69, 9.17) is 9.97 Å². The maximum atomic E-state index is 14.8. The molecule has 1 saturated heterocycles. The third-order valence-corrected chi connectivity index (χ3v) is 9.17. The molecule has 3 aromatic heterocycles. The van der Waals surface area contributed by atoms with Gasteiger partial charge in [0.2, 0.25) is 0 Å². The SMILES string of the molecule is CCn1cncc1Cn1c(CN2CCC[C@H](c3nccc(N4CCc5cc(C#N)cc(F)c5C4)n3)C2)nc2ccc(C(=O)O)cc21. The monoisotopic (exact) mass is 619 g/mol. The Hall–Kier alpha value is -5.15. The minimum absolute atomic E-state index is 0.124. The molecule has 1 atom stereocenters. The topological polar surface area (TPSA) is 129 Å². The van der Waals surface area contributed by atoms with Gasteiger partial charge in [0.25, 0.3) is 0 Å². The number of nitriles is 1. The van der Waals surface area contributed by atoms with Crippen molar-refractivity contribution < 1.29 is 14.3 Å². The first-order valence-electron chi connectivity index (χ1n) is 15.6. The van der Waals surface area contributed by atoms with Gasteiger partial charge in [0.15, 0.2) is 0 Å². The van der Waals surface area contributed by atoms with Crippen LogP contribution >= 0.6 is 0 Å². The molecule has 2 aromatic carbocycles. The Morgan fingerprint density at radius 3 is 2.87 bits per heavy atom. The van der Waals surface area contributed by atoms with Gasteiger partial charge in [-0.1, -0.05) is 0 Å². The van der Waals surface area contributed by atoms with E-state index in [1.807, 2.05) is 24.7 Å². The largest absolute Gasteiger partial charge is 0.478 e. The first kappa shape index (κ1) is 29.6. The molecule has 11 nitrogen and oxygen atoms in total. The highest BCUT2D eigenvalue weighted by molar-refractivity contribution is 5.92. The number of piperidine rings is 1. The zero-order valence-electron chi connectivity index (χ0n) is 25.6. The third kappa shape index (κ3) is 5.70. The van der Waals surface area contributed by atoms with Crippen molar-refractivity contribution in [2.45, 2.75) is 58.3 Å². The lowest BCUT2D eigenvalue weighted by atomic mass is 9.96. The molecule has 234 valence electrons. The van der Waals surface area contributed by atoms with E-state index in [2.05, 4.69) is 35.8 Å². The number of carbonyl (C=O) groups is 1. The number of halogens is 1. The van der Waals surface area contributed by atoms with E-state index < -0.39 is 5.97 Å². The van der Waals surface area contributed by atoms with Crippen molar-refractivity contribution in [2.24, 2.45) is 0 Å². The number of imidazole rings is 2. The van der Waals surface area contributed by atoms with Crippen LogP contribution in [0.3, 0.4) is 0 Å². The Bertz CT molecular complexity index is 1980. The highest BCUT2D eigenvalue weighted by atomic mass is 19.1. The summed E-state index contributed by atoms with van der Waals surface area (Å²) in [6, 6.07) is 12.1. The molecule has 0 aliphatic carbocycles. The second kappa shape index (κ2) is 12.3. The number of anilines is 1. The molecule has 2 aliphatic heterocycles. The van der Waals surface area contributed by atoms with Gasteiger partial charge in [0.05, 0.1) is 53.3 Å². The lowest BCUT2D eigenvalue weighted by molar-refractivity contribution is 0.0697. The van der Waals surface area contributed by atoms with Crippen molar-refractivity contribution >= 4 is 22.8 Å². The van der Waals surface area contributed by atoms with Crippen LogP contribution in [0.25, 0.3) is 11.0 Å². The summed E-state index contributed by atoms with van der Waals surface area (Å²) in [6.07, 6.45) is 8.03. The van der Waals surface area contributed by atoms with Crippen LogP contribution in [0.4, 0.5) is 10.2 Å². The highest BCUT2D eigenvalue weighted by Gasteiger charge is 2.27. The highest BCUT2D eigenvalue weighted by Crippen LogP contribution is 2.30. The fourth-order valence-electron chi connectivity index (χ4n) is 6.75. The van der Waals surface area contributed by atoms with Gasteiger partial charge in [-0.15, -0.1) is 0 Å². The van der Waals surface area contributed by atoms with E-state index in [0.717, 1.165) is 72.2 Å². The smallest absolute Gasteiger partial charge is 0.335 e. The molecule has 5 heterocycles. The maximum absolute atomic E-state index is 14.8. The molecule has 0 unspecified atom stereocenters. The van der Waals surface area contributed by atoms with Crippen LogP contribution < -0.4 is 4.90 Å². The summed E-state index contributed by atoms with van der Waals surface area (Å²) in [5.41, 5.74) is 4.65. The van der Waals surface area contributed by atoms with E-state index in [9.17, 15) is 19.6 Å². The zero-order valence-corrected chi connectivity index (χ0v) is 25.6. The van der Waals surface area contributed by atoms with E-state index in [1.54, 1.807) is 30.5 Å². The van der Waals surface area contributed by atoms with Gasteiger partial charge >= 0.3 is 5.97 Å². The number of hydrogen-bond donors (Lipinski definition) is 1. The van der Waals surface area contributed by atoms with Crippen molar-refractivity contribution in [1.82, 2.24) is 34.0 Å². The van der Waals surface area contributed by atoms with E-state index >= 15 is 0 Å². The van der Waals surface area contributed by atoms with Crippen molar-refractivity contribution in [3.63, 3.8) is 0 Å². The molecule has 0 amide bonds. The van der Waals surface area contributed by atoms with Crippen LogP contribution in [0.2, 0.25) is 0 Å². The number of fused-ring (bicyclic) bond motifs is 2. The number of aromatic nitrogens is 6. The second-order valence-electron chi connectivity index (χ2n) is 12.0. The minimum Gasteiger partial charge on any atom is -0.478 e. The third-order valence-electron chi connectivity index (χ3n) is 9.17. The standard InChI is InChI=1S/C34H34FN9O2/c1-2-42-21-37-16-26(42)18-44-30-14-24(34(45)46)5-6-29(30)39-32(44)20-41-10-3-4-25(17-41)33-38-9-7-31(40-33)43-11-8-23-12-22(15-36)13-28(35)27(23)19-43/h5-7,9,12-14,16,21,25H,2-4,8,10-11,17-20H2,1H3,(H,45,46)/t25-/m0/s1. The molecule has 7 rings (SSSR count). The van der Waals surface area contributed by atoms with Gasteiger partial charge in [0.1, 0.15) is 23.3 Å². The molecule has 5 aromatic rings. The molecule has 0 bridgehead atoms. The molecule has 12 heteroatoms. The summed E-state index contributed by atoms with van der Waals surface area (Å²) in [4.78, 5) is 35.2. The number of carboxylic acid groups (broad SMARTS) is 1. The van der Waals surface area contributed by atoms with Crippen molar-refractivity contribution in [2.75, 3.05) is 24.5 Å². The first-order chi connectivity index (χ1) is 22.4. The number of carboxylic acids is 1. The number of aryl methyl sites for hydroxylation is 1. The average molecular weight is 620 g/mol. The average Bonchev–Trinajstić information content (AvgIpc) is 3.68. The summed E-state index contributed by atoms with van der Waals surface area (Å²) in [5, 5.41) is 18.9. The van der Waals surface area contributed by atoms with Gasteiger partial charge in [0, 0.05) is 50.1 Å². The number of aromatic carboxylic acids is 1. The Morgan fingerprint density at radius 2 is 2.04 bits per heavy atom. The first-order valence-corrected chi connectivity index (χ1v) is 15.6. The summed E-state index contributed by atoms with van der Waals surface area (Å²) in [6.45, 7) is 6.73. The number of rotatable bonds is 8. The Kier molecular flexibility index (Phi) is 7.92. The summed E-state index contributed by atoms with van der Waals surface area (Å²) in [5.74, 6) is 1.23. The van der Waals surface area contributed by atoms with Gasteiger partial charge in [-0.05, 0) is 74.7 Å². The molecule has 1 fully saturated rings. The number of likely N-dealkylation sites (tertiary alicyclic amines) is 1. The van der Waals surface area contributed by atoms with E-state index in [0.29, 0.717) is 43.7 Å². The van der Waals surface area contributed by atoms with Crippen LogP contribution in [0.15, 0.2) is 55.1 Å². The fourth-order valence-corrected chi connectivity index (χ4v) is 6.75. The molecule has 0 radical (unpaired) electrons. The van der Waals surface area contributed by atoms with Crippen molar-refractivity contribution in [3.8, 4) is 6.07 Å². The van der Waals surface area contributed by atoms with Crippen LogP contribution in [0.5, 0.6) is 0 Å². The molecule has 1 N–H and O–H groups in total. The van der Waals surface area contributed by atoms with Gasteiger partial charge < -0.3 is 19.1 Å². The molecule has 2 aliphatic rings. The molecule has 0 saturated carbocycles. The quantitative estimate of drug-likeness (QED) is 0.262. The fraction of sp³-hybridized carbons (Fsp3) is 0.353. The Morgan fingerprint density at radius 1 is 1.15 bits per heavy atom. The maximum Gasteiger partial charge on any atom is 0.335 e. The zero-order chi connectivity index (χ0) is 31.8. The molecule has 0 spiro atoms. The van der Waals surface area contributed by atoms with Crippen LogP contribution in [0, 0.1) is 17.1 Å². The van der Waals surface area contributed by atoms with Crippen LogP contribution in [0.1, 0.15) is 70.1 Å². The summed E-state index contributed by atoms with van der Waals surface area (Å²) in [7, 11) is 0. The lowest BCUT2D eigenvalue weighted by Gasteiger charge is -2.33. The van der Waals surface area contributed by atoms with Crippen LogP contribution in [-0.2, 0) is 32.6 Å². The van der Waals surface area contributed by atoms with Gasteiger partial charge in [-0.2, -0.15) is 5.26 Å². The predicted octanol–water partition coefficient (Wildman–Crippen LogP) is 4.74. The summed E-state index contributed by atoms with van der Waals surface area (Å²) >= 11 is 0.